The van der Waals surface area contributed by atoms with Gasteiger partial charge >= 0.3 is 0 Å². The van der Waals surface area contributed by atoms with E-state index < -0.39 is 15.9 Å². The molecular formula is C22H18BrN3O4S2. The van der Waals surface area contributed by atoms with E-state index >= 15 is 0 Å². The van der Waals surface area contributed by atoms with Crippen molar-refractivity contribution in [3.8, 4) is 5.75 Å². The van der Waals surface area contributed by atoms with Crippen molar-refractivity contribution < 1.29 is 17.9 Å². The number of thiazole rings is 1. The monoisotopic (exact) mass is 531 g/mol. The second-order valence-corrected chi connectivity index (χ2v) is 10.4. The number of aryl methyl sites for hydroxylation is 1. The van der Waals surface area contributed by atoms with E-state index in [9.17, 15) is 13.2 Å². The topological polar surface area (TPSA) is 89.8 Å². The molecule has 4 rings (SSSR count). The molecule has 0 atom stereocenters. The van der Waals surface area contributed by atoms with Crippen molar-refractivity contribution in [2.24, 2.45) is 12.0 Å². The number of hydrogen-bond acceptors (Lipinski definition) is 5. The lowest BCUT2D eigenvalue weighted by Gasteiger charge is -2.09. The summed E-state index contributed by atoms with van der Waals surface area (Å²) in [6, 6.07) is 18.1. The lowest BCUT2D eigenvalue weighted by molar-refractivity contribution is 0.0998. The maximum atomic E-state index is 12.8. The van der Waals surface area contributed by atoms with Gasteiger partial charge in [0.05, 0.1) is 22.2 Å². The summed E-state index contributed by atoms with van der Waals surface area (Å²) in [5, 5.41) is 0. The molecule has 1 N–H and O–H groups in total. The van der Waals surface area contributed by atoms with Crippen molar-refractivity contribution in [3.63, 3.8) is 0 Å². The fourth-order valence-corrected chi connectivity index (χ4v) is 5.96. The highest BCUT2D eigenvalue weighted by Gasteiger charge is 2.16. The predicted octanol–water partition coefficient (Wildman–Crippen LogP) is 4.55. The molecule has 32 heavy (non-hydrogen) atoms. The van der Waals surface area contributed by atoms with Crippen molar-refractivity contribution in [1.29, 1.82) is 0 Å². The summed E-state index contributed by atoms with van der Waals surface area (Å²) in [5.41, 5.74) is 1.49. The van der Waals surface area contributed by atoms with E-state index in [0.29, 0.717) is 10.6 Å². The fraction of sp³-hybridized carbons (Fsp3) is 0.0909. The molecule has 3 aromatic carbocycles. The molecule has 0 unspecified atom stereocenters. The number of aromatic nitrogens is 1. The second kappa shape index (κ2) is 8.89. The normalized spacial score (nSPS) is 12.2. The maximum absolute atomic E-state index is 12.8. The average Bonchev–Trinajstić information content (AvgIpc) is 3.10. The molecule has 0 radical (unpaired) electrons. The van der Waals surface area contributed by atoms with Crippen molar-refractivity contribution in [2.45, 2.75) is 4.90 Å². The molecule has 0 fully saturated rings. The molecular weight excluding hydrogens is 514 g/mol. The summed E-state index contributed by atoms with van der Waals surface area (Å²) in [5.74, 6) is 0.0911. The van der Waals surface area contributed by atoms with Gasteiger partial charge in [0.1, 0.15) is 5.75 Å². The van der Waals surface area contributed by atoms with E-state index in [4.69, 9.17) is 4.74 Å². The molecule has 1 amide bonds. The van der Waals surface area contributed by atoms with E-state index in [1.165, 1.54) is 36.6 Å². The minimum atomic E-state index is -3.82. The Morgan fingerprint density at radius 3 is 2.50 bits per heavy atom. The highest BCUT2D eigenvalue weighted by atomic mass is 79.9. The number of sulfonamides is 1. The summed E-state index contributed by atoms with van der Waals surface area (Å²) in [7, 11) is -0.474. The molecule has 10 heteroatoms. The summed E-state index contributed by atoms with van der Waals surface area (Å²) in [6.07, 6.45) is 0. The van der Waals surface area contributed by atoms with Crippen molar-refractivity contribution in [1.82, 2.24) is 4.57 Å². The Kier molecular flexibility index (Phi) is 6.18. The zero-order chi connectivity index (χ0) is 22.9. The third-order valence-electron chi connectivity index (χ3n) is 4.70. The molecule has 0 aliphatic heterocycles. The van der Waals surface area contributed by atoms with Crippen LogP contribution in [0.15, 0.2) is 81.1 Å². The molecule has 7 nitrogen and oxygen atoms in total. The molecule has 0 saturated carbocycles. The highest BCUT2D eigenvalue weighted by Crippen LogP contribution is 2.25. The SMILES string of the molecule is COc1ccc(S(=O)(=O)Nc2cccc(C(=O)N=c3sc4cccc(Br)c4n3C)c2)cc1. The zero-order valence-corrected chi connectivity index (χ0v) is 20.3. The standard InChI is InChI=1S/C22H18BrN3O4S2/c1-26-20-18(23)7-4-8-19(20)31-22(26)24-21(27)14-5-3-6-15(13-14)25-32(28,29)17-11-9-16(30-2)10-12-17/h3-13,25H,1-2H3. The Labute approximate surface area is 197 Å². The molecule has 0 spiro atoms. The van der Waals surface area contributed by atoms with Gasteiger partial charge in [0.25, 0.3) is 15.9 Å². The summed E-state index contributed by atoms with van der Waals surface area (Å²) >= 11 is 4.92. The first kappa shape index (κ1) is 22.3. The predicted molar refractivity (Wildman–Crippen MR) is 129 cm³/mol. The van der Waals surface area contributed by atoms with Crippen LogP contribution in [0, 0.1) is 0 Å². The van der Waals surface area contributed by atoms with Gasteiger partial charge in [-0.3, -0.25) is 9.52 Å². The smallest absolute Gasteiger partial charge is 0.279 e. The lowest BCUT2D eigenvalue weighted by Crippen LogP contribution is -2.15. The van der Waals surface area contributed by atoms with Crippen molar-refractivity contribution >= 4 is 59.1 Å². The van der Waals surface area contributed by atoms with Crippen LogP contribution < -0.4 is 14.3 Å². The van der Waals surface area contributed by atoms with Crippen LogP contribution in [0.4, 0.5) is 5.69 Å². The number of ether oxygens (including phenoxy) is 1. The van der Waals surface area contributed by atoms with Gasteiger partial charge in [0.15, 0.2) is 4.80 Å². The number of carbonyl (C=O) groups excluding carboxylic acids is 1. The molecule has 164 valence electrons. The van der Waals surface area contributed by atoms with Crippen LogP contribution in [-0.2, 0) is 17.1 Å². The Morgan fingerprint density at radius 2 is 1.81 bits per heavy atom. The van der Waals surface area contributed by atoms with Gasteiger partial charge in [-0.15, -0.1) is 0 Å². The van der Waals surface area contributed by atoms with E-state index in [1.54, 1.807) is 30.3 Å². The van der Waals surface area contributed by atoms with Gasteiger partial charge in [-0.25, -0.2) is 8.42 Å². The van der Waals surface area contributed by atoms with E-state index in [1.807, 2.05) is 29.8 Å². The average molecular weight is 532 g/mol. The van der Waals surface area contributed by atoms with Crippen LogP contribution in [0.25, 0.3) is 10.2 Å². The maximum Gasteiger partial charge on any atom is 0.279 e. The van der Waals surface area contributed by atoms with Gasteiger partial charge < -0.3 is 9.30 Å². The molecule has 4 aromatic rings. The third-order valence-corrected chi connectivity index (χ3v) is 7.84. The number of amides is 1. The van der Waals surface area contributed by atoms with E-state index in [0.717, 1.165) is 14.7 Å². The van der Waals surface area contributed by atoms with Crippen molar-refractivity contribution in [3.05, 3.63) is 81.6 Å². The largest absolute Gasteiger partial charge is 0.497 e. The second-order valence-electron chi connectivity index (χ2n) is 6.81. The quantitative estimate of drug-likeness (QED) is 0.409. The summed E-state index contributed by atoms with van der Waals surface area (Å²) < 4.78 is 36.7. The summed E-state index contributed by atoms with van der Waals surface area (Å²) in [6.45, 7) is 0. The molecule has 1 aromatic heterocycles. The Balaban J connectivity index is 1.63. The minimum Gasteiger partial charge on any atom is -0.497 e. The summed E-state index contributed by atoms with van der Waals surface area (Å²) in [4.78, 5) is 17.7. The number of hydrogen-bond donors (Lipinski definition) is 1. The minimum absolute atomic E-state index is 0.0857. The number of methoxy groups -OCH3 is 1. The first-order valence-electron chi connectivity index (χ1n) is 9.38. The van der Waals surface area contributed by atoms with Crippen LogP contribution in [0.1, 0.15) is 10.4 Å². The van der Waals surface area contributed by atoms with Gasteiger partial charge in [-0.1, -0.05) is 23.5 Å². The molecule has 1 heterocycles. The fourth-order valence-electron chi connectivity index (χ4n) is 3.10. The molecule has 0 aliphatic carbocycles. The number of para-hydroxylation sites is 1. The number of benzene rings is 3. The van der Waals surface area contributed by atoms with Crippen LogP contribution >= 0.6 is 27.3 Å². The number of anilines is 1. The van der Waals surface area contributed by atoms with Crippen LogP contribution in [-0.4, -0.2) is 26.0 Å². The first-order chi connectivity index (χ1) is 15.3. The van der Waals surface area contributed by atoms with E-state index in [2.05, 4.69) is 25.6 Å². The molecule has 0 aliphatic rings. The first-order valence-corrected chi connectivity index (χ1v) is 12.5. The highest BCUT2D eigenvalue weighted by molar-refractivity contribution is 9.10. The number of halogens is 1. The Morgan fingerprint density at radius 1 is 1.09 bits per heavy atom. The number of carbonyl (C=O) groups is 1. The number of nitrogens with one attached hydrogen (secondary N) is 1. The Hall–Kier alpha value is -2.95. The van der Waals surface area contributed by atoms with E-state index in [-0.39, 0.29) is 16.1 Å². The zero-order valence-electron chi connectivity index (χ0n) is 17.1. The van der Waals surface area contributed by atoms with Gasteiger partial charge in [-0.05, 0) is 70.5 Å². The molecule has 0 saturated heterocycles. The third kappa shape index (κ3) is 4.47. The number of nitrogens with zero attached hydrogens (tertiary/aromatic N) is 2. The lowest BCUT2D eigenvalue weighted by atomic mass is 10.2. The molecule has 0 bridgehead atoms. The van der Waals surface area contributed by atoms with Gasteiger partial charge in [0.2, 0.25) is 0 Å². The van der Waals surface area contributed by atoms with Crippen LogP contribution in [0.3, 0.4) is 0 Å². The van der Waals surface area contributed by atoms with Gasteiger partial charge in [0, 0.05) is 22.8 Å². The van der Waals surface area contributed by atoms with Crippen molar-refractivity contribution in [2.75, 3.05) is 11.8 Å². The van der Waals surface area contributed by atoms with Gasteiger partial charge in [-0.2, -0.15) is 4.99 Å². The van der Waals surface area contributed by atoms with Crippen LogP contribution in [0.5, 0.6) is 5.75 Å². The number of rotatable bonds is 5. The Bertz CT molecular complexity index is 1490. The number of fused-ring (bicyclic) bond motifs is 1. The van der Waals surface area contributed by atoms with Crippen LogP contribution in [0.2, 0.25) is 0 Å².